The second-order valence-electron chi connectivity index (χ2n) is 11.2. The lowest BCUT2D eigenvalue weighted by molar-refractivity contribution is -0.144. The van der Waals surface area contributed by atoms with Gasteiger partial charge in [0.05, 0.1) is 25.2 Å². The third-order valence-corrected chi connectivity index (χ3v) is 7.73. The lowest BCUT2D eigenvalue weighted by Crippen LogP contribution is -2.55. The number of aliphatic imine (C=N–C) groups is 1. The summed E-state index contributed by atoms with van der Waals surface area (Å²) in [4.78, 5) is 44.1. The van der Waals surface area contributed by atoms with E-state index in [1.807, 2.05) is 24.0 Å². The third kappa shape index (κ3) is 6.29. The van der Waals surface area contributed by atoms with Crippen molar-refractivity contribution in [3.05, 3.63) is 69.2 Å². The molecule has 2 amide bonds. The van der Waals surface area contributed by atoms with E-state index in [1.54, 1.807) is 30.3 Å². The summed E-state index contributed by atoms with van der Waals surface area (Å²) < 4.78 is 6.14. The number of benzene rings is 2. The molecule has 10 heteroatoms. The molecule has 1 fully saturated rings. The van der Waals surface area contributed by atoms with Crippen molar-refractivity contribution in [3.8, 4) is 0 Å². The van der Waals surface area contributed by atoms with Crippen molar-refractivity contribution in [2.45, 2.75) is 64.8 Å². The maximum atomic E-state index is 14.1. The molecule has 4 rings (SSSR count). The van der Waals surface area contributed by atoms with Gasteiger partial charge < -0.3 is 20.1 Å². The Hall–Kier alpha value is -2.94. The van der Waals surface area contributed by atoms with Gasteiger partial charge in [-0.15, -0.1) is 0 Å². The molecule has 0 radical (unpaired) electrons. The van der Waals surface area contributed by atoms with E-state index in [-0.39, 0.29) is 42.3 Å². The predicted octanol–water partition coefficient (Wildman–Crippen LogP) is 5.51. The lowest BCUT2D eigenvalue weighted by Gasteiger charge is -2.47. The standard InChI is InChI=1S/C29H33Cl2N3O5/c1-17(18-5-7-19(8-6-18)26(37)32-11-9-24(35)36)34-27(38)25(20-13-21(30)15-22(31)14-20)33-29(34)10-12-39-23(16-29)28(2,3)4/h5-8,13-15,17,23H,9-12,16H2,1-4H3,(H,32,37)(H,35,36)/t17-,23?,29+/m1/s1. The minimum Gasteiger partial charge on any atom is -0.481 e. The van der Waals surface area contributed by atoms with Crippen LogP contribution < -0.4 is 5.32 Å². The first-order chi connectivity index (χ1) is 18.3. The smallest absolute Gasteiger partial charge is 0.305 e. The molecule has 2 N–H and O–H groups in total. The highest BCUT2D eigenvalue weighted by Crippen LogP contribution is 2.46. The summed E-state index contributed by atoms with van der Waals surface area (Å²) in [6.07, 6.45) is 0.808. The van der Waals surface area contributed by atoms with Gasteiger partial charge in [-0.05, 0) is 48.2 Å². The van der Waals surface area contributed by atoms with Crippen LogP contribution in [0.4, 0.5) is 0 Å². The summed E-state index contributed by atoms with van der Waals surface area (Å²) in [5.74, 6) is -1.55. The van der Waals surface area contributed by atoms with Gasteiger partial charge in [0.15, 0.2) is 0 Å². The number of aliphatic carboxylic acids is 1. The number of nitrogens with one attached hydrogen (secondary N) is 1. The molecular weight excluding hydrogens is 541 g/mol. The van der Waals surface area contributed by atoms with E-state index >= 15 is 0 Å². The summed E-state index contributed by atoms with van der Waals surface area (Å²) in [6.45, 7) is 8.80. The Morgan fingerprint density at radius 2 is 1.82 bits per heavy atom. The van der Waals surface area contributed by atoms with Crippen molar-refractivity contribution < 1.29 is 24.2 Å². The fraction of sp³-hybridized carbons (Fsp3) is 0.448. The summed E-state index contributed by atoms with van der Waals surface area (Å²) in [5, 5.41) is 12.2. The largest absolute Gasteiger partial charge is 0.481 e. The second-order valence-corrected chi connectivity index (χ2v) is 12.0. The van der Waals surface area contributed by atoms with Gasteiger partial charge in [-0.3, -0.25) is 19.4 Å². The highest BCUT2D eigenvalue weighted by molar-refractivity contribution is 6.47. The number of rotatable bonds is 7. The van der Waals surface area contributed by atoms with E-state index in [0.29, 0.717) is 46.3 Å². The van der Waals surface area contributed by atoms with Crippen LogP contribution in [0.5, 0.6) is 0 Å². The third-order valence-electron chi connectivity index (χ3n) is 7.29. The number of ether oxygens (including phenoxy) is 1. The first-order valence-electron chi connectivity index (χ1n) is 12.9. The SMILES string of the molecule is C[C@H](c1ccc(C(=O)NCCC(=O)O)cc1)N1C(=O)C(c2cc(Cl)cc(Cl)c2)=N[C@@]12CCOC(C(C)(C)C)C2. The molecule has 1 spiro atoms. The first kappa shape index (κ1) is 29.1. The molecule has 3 atom stereocenters. The van der Waals surface area contributed by atoms with Crippen LogP contribution in [-0.2, 0) is 14.3 Å². The van der Waals surface area contributed by atoms with E-state index in [9.17, 15) is 14.4 Å². The van der Waals surface area contributed by atoms with Gasteiger partial charge in [-0.2, -0.15) is 0 Å². The zero-order valence-electron chi connectivity index (χ0n) is 22.5. The molecule has 1 unspecified atom stereocenters. The molecule has 39 heavy (non-hydrogen) atoms. The van der Waals surface area contributed by atoms with Gasteiger partial charge >= 0.3 is 5.97 Å². The molecule has 208 valence electrons. The highest BCUT2D eigenvalue weighted by atomic mass is 35.5. The summed E-state index contributed by atoms with van der Waals surface area (Å²) in [6, 6.07) is 11.6. The number of amides is 2. The number of nitrogens with zero attached hydrogens (tertiary/aromatic N) is 2. The van der Waals surface area contributed by atoms with Crippen molar-refractivity contribution >= 4 is 46.7 Å². The number of hydrogen-bond donors (Lipinski definition) is 2. The van der Waals surface area contributed by atoms with Crippen LogP contribution in [0.25, 0.3) is 0 Å². The molecule has 0 bridgehead atoms. The molecule has 0 saturated carbocycles. The van der Waals surface area contributed by atoms with Gasteiger partial charge in [0.25, 0.3) is 11.8 Å². The Bertz CT molecular complexity index is 1280. The molecule has 1 saturated heterocycles. The van der Waals surface area contributed by atoms with Crippen molar-refractivity contribution in [2.75, 3.05) is 13.2 Å². The molecule has 2 aromatic carbocycles. The monoisotopic (exact) mass is 573 g/mol. The van der Waals surface area contributed by atoms with E-state index in [1.165, 1.54) is 0 Å². The molecule has 2 heterocycles. The zero-order chi connectivity index (χ0) is 28.5. The Morgan fingerprint density at radius 1 is 1.18 bits per heavy atom. The number of carbonyl (C=O) groups excluding carboxylic acids is 2. The van der Waals surface area contributed by atoms with Crippen LogP contribution in [0.1, 0.15) is 74.5 Å². The minimum absolute atomic E-state index is 0.0434. The van der Waals surface area contributed by atoms with Gasteiger partial charge in [-0.25, -0.2) is 0 Å². The fourth-order valence-corrected chi connectivity index (χ4v) is 5.70. The molecule has 0 aliphatic carbocycles. The predicted molar refractivity (Wildman–Crippen MR) is 150 cm³/mol. The van der Waals surface area contributed by atoms with Crippen LogP contribution in [0, 0.1) is 5.41 Å². The van der Waals surface area contributed by atoms with Crippen LogP contribution in [0.2, 0.25) is 10.0 Å². The Kier molecular flexibility index (Phi) is 8.40. The summed E-state index contributed by atoms with van der Waals surface area (Å²) in [7, 11) is 0. The molecule has 8 nitrogen and oxygen atoms in total. The van der Waals surface area contributed by atoms with Crippen molar-refractivity contribution in [2.24, 2.45) is 10.4 Å². The van der Waals surface area contributed by atoms with E-state index in [0.717, 1.165) is 5.56 Å². The number of hydrogen-bond acceptors (Lipinski definition) is 5. The maximum Gasteiger partial charge on any atom is 0.305 e. The Labute approximate surface area is 238 Å². The second kappa shape index (κ2) is 11.3. The molecular formula is C29H33Cl2N3O5. The number of halogens is 2. The number of carbonyl (C=O) groups is 3. The Balaban J connectivity index is 1.67. The highest BCUT2D eigenvalue weighted by Gasteiger charge is 2.53. The van der Waals surface area contributed by atoms with Crippen LogP contribution in [0.15, 0.2) is 47.5 Å². The minimum atomic E-state index is -0.980. The molecule has 0 aromatic heterocycles. The van der Waals surface area contributed by atoms with Crippen LogP contribution in [-0.4, -0.2) is 58.4 Å². The average Bonchev–Trinajstić information content (AvgIpc) is 3.13. The van der Waals surface area contributed by atoms with Crippen LogP contribution >= 0.6 is 23.2 Å². The van der Waals surface area contributed by atoms with Crippen LogP contribution in [0.3, 0.4) is 0 Å². The molecule has 2 aliphatic rings. The topological polar surface area (TPSA) is 108 Å². The number of carboxylic acid groups (broad SMARTS) is 1. The van der Waals surface area contributed by atoms with E-state index in [2.05, 4.69) is 26.1 Å². The van der Waals surface area contributed by atoms with Gasteiger partial charge in [0.2, 0.25) is 0 Å². The zero-order valence-corrected chi connectivity index (χ0v) is 24.0. The van der Waals surface area contributed by atoms with E-state index in [4.69, 9.17) is 38.0 Å². The van der Waals surface area contributed by atoms with Crippen molar-refractivity contribution in [3.63, 3.8) is 0 Å². The van der Waals surface area contributed by atoms with Crippen molar-refractivity contribution in [1.29, 1.82) is 0 Å². The summed E-state index contributed by atoms with van der Waals surface area (Å²) >= 11 is 12.5. The normalized spacial score (nSPS) is 22.1. The average molecular weight is 575 g/mol. The maximum absolute atomic E-state index is 14.1. The molecule has 2 aliphatic heterocycles. The first-order valence-corrected chi connectivity index (χ1v) is 13.7. The quantitative estimate of drug-likeness (QED) is 0.454. The van der Waals surface area contributed by atoms with Gasteiger partial charge in [0, 0.05) is 40.6 Å². The number of carboxylic acids is 1. The van der Waals surface area contributed by atoms with Gasteiger partial charge in [0.1, 0.15) is 11.4 Å². The van der Waals surface area contributed by atoms with Crippen molar-refractivity contribution in [1.82, 2.24) is 10.2 Å². The van der Waals surface area contributed by atoms with Gasteiger partial charge in [-0.1, -0.05) is 56.1 Å². The summed E-state index contributed by atoms with van der Waals surface area (Å²) in [5.41, 5.74) is 1.16. The van der Waals surface area contributed by atoms with E-state index < -0.39 is 11.6 Å². The lowest BCUT2D eigenvalue weighted by atomic mass is 9.80. The Morgan fingerprint density at radius 3 is 2.41 bits per heavy atom. The molecule has 2 aromatic rings. The fourth-order valence-electron chi connectivity index (χ4n) is 5.17.